The van der Waals surface area contributed by atoms with Crippen molar-refractivity contribution < 1.29 is 138 Å². The van der Waals surface area contributed by atoms with Crippen LogP contribution in [0, 0.1) is 0 Å². The van der Waals surface area contributed by atoms with Crippen LogP contribution in [0.2, 0.25) is 0 Å². The average Bonchev–Trinajstić information content (AvgIpc) is 2.68. The van der Waals surface area contributed by atoms with Gasteiger partial charge in [0, 0.05) is 7.11 Å². The molecule has 2 rings (SSSR count). The molecule has 0 aromatic heterocycles. The fourth-order valence-electron chi connectivity index (χ4n) is 3.02. The second-order valence-corrected chi connectivity index (χ2v) is 8.87. The summed E-state index contributed by atoms with van der Waals surface area (Å²) in [6.45, 7) is -2.08. The number of ether oxygens (including phenoxy) is 4. The third kappa shape index (κ3) is 9.93. The van der Waals surface area contributed by atoms with Crippen molar-refractivity contribution in [2.24, 2.45) is 0 Å². The molecule has 0 aromatic carbocycles. The van der Waals surface area contributed by atoms with E-state index < -0.39 is 95.4 Å². The van der Waals surface area contributed by atoms with Crippen molar-refractivity contribution in [3.05, 3.63) is 0 Å². The van der Waals surface area contributed by atoms with E-state index in [0.29, 0.717) is 0 Å². The monoisotopic (exact) mass is 560 g/mol. The second-order valence-electron chi connectivity index (χ2n) is 6.76. The van der Waals surface area contributed by atoms with Crippen molar-refractivity contribution in [3.8, 4) is 0 Å². The molecule has 2 aliphatic heterocycles. The van der Waals surface area contributed by atoms with Crippen molar-refractivity contribution in [2.45, 2.75) is 61.4 Å². The predicted octanol–water partition coefficient (Wildman–Crippen LogP) is -11.8. The van der Waals surface area contributed by atoms with Crippen LogP contribution in [-0.4, -0.2) is 133 Å². The van der Waals surface area contributed by atoms with Gasteiger partial charge in [-0.15, -0.1) is 0 Å². The van der Waals surface area contributed by atoms with Gasteiger partial charge in [-0.3, -0.25) is 8.37 Å². The summed E-state index contributed by atoms with van der Waals surface area (Å²) >= 11 is 0. The SMILES string of the molecule is CO[C@@H]1O[C@H](COS(=O)(=O)[O-])[C@@H](O)[C@H](O[C@@H]2O[C@H](COS(=O)(=O)[O-])[C@@H](O)[C@H](O)[C@H]2O)[C@H]1O.[Na+].[Na+]. The van der Waals surface area contributed by atoms with Crippen molar-refractivity contribution in [3.63, 3.8) is 0 Å². The van der Waals surface area contributed by atoms with E-state index in [-0.39, 0.29) is 59.1 Å². The molecule has 2 saturated heterocycles. The summed E-state index contributed by atoms with van der Waals surface area (Å²) in [5.74, 6) is 0. The molecule has 0 spiro atoms. The predicted molar refractivity (Wildman–Crippen MR) is 90.5 cm³/mol. The van der Waals surface area contributed by atoms with Crippen LogP contribution in [0.1, 0.15) is 0 Å². The first-order chi connectivity index (χ1) is 14.6. The Balaban J connectivity index is 0.00000544. The maximum absolute atomic E-state index is 10.7. The minimum absolute atomic E-state index is 0. The molecule has 0 aromatic rings. The molecular weight excluding hydrogens is 538 g/mol. The molecule has 0 bridgehead atoms. The zero-order chi connectivity index (χ0) is 24.4. The van der Waals surface area contributed by atoms with Crippen LogP contribution in [0.25, 0.3) is 0 Å². The summed E-state index contributed by atoms with van der Waals surface area (Å²) in [7, 11) is -9.32. The number of aliphatic hydroxyl groups is 5. The number of rotatable bonds is 9. The third-order valence-electron chi connectivity index (χ3n) is 4.59. The Morgan fingerprint density at radius 2 is 1.15 bits per heavy atom. The molecule has 17 nitrogen and oxygen atoms in total. The topological polar surface area (TPSA) is 271 Å². The van der Waals surface area contributed by atoms with Gasteiger partial charge in [-0.2, -0.15) is 0 Å². The van der Waals surface area contributed by atoms with Crippen LogP contribution in [0.5, 0.6) is 0 Å². The van der Waals surface area contributed by atoms with Gasteiger partial charge in [-0.25, -0.2) is 16.8 Å². The summed E-state index contributed by atoms with van der Waals surface area (Å²) < 4.78 is 92.1. The Labute approximate surface area is 238 Å². The van der Waals surface area contributed by atoms with E-state index in [1.54, 1.807) is 0 Å². The Morgan fingerprint density at radius 3 is 1.59 bits per heavy atom. The first-order valence-corrected chi connectivity index (χ1v) is 11.4. The normalized spacial score (nSPS) is 39.1. The van der Waals surface area contributed by atoms with Crippen LogP contribution >= 0.6 is 0 Å². The molecule has 21 heteroatoms. The minimum atomic E-state index is -5.20. The van der Waals surface area contributed by atoms with Crippen LogP contribution in [0.3, 0.4) is 0 Å². The Morgan fingerprint density at radius 1 is 0.706 bits per heavy atom. The summed E-state index contributed by atoms with van der Waals surface area (Å²) in [5.41, 5.74) is 0. The van der Waals surface area contributed by atoms with Crippen LogP contribution in [0.4, 0.5) is 0 Å². The molecule has 0 radical (unpaired) electrons. The fourth-order valence-corrected chi connectivity index (χ4v) is 3.62. The Kier molecular flexibility index (Phi) is 15.1. The van der Waals surface area contributed by atoms with Gasteiger partial charge >= 0.3 is 59.1 Å². The third-order valence-corrected chi connectivity index (χ3v) is 5.44. The van der Waals surface area contributed by atoms with Crippen LogP contribution < -0.4 is 59.1 Å². The number of aliphatic hydroxyl groups excluding tert-OH is 5. The largest absolute Gasteiger partial charge is 1.00 e. The van der Waals surface area contributed by atoms with Gasteiger partial charge in [0.1, 0.15) is 48.8 Å². The molecule has 10 atom stereocenters. The maximum Gasteiger partial charge on any atom is 1.00 e. The first kappa shape index (κ1) is 35.4. The summed E-state index contributed by atoms with van der Waals surface area (Å²) in [6, 6.07) is 0. The molecule has 0 amide bonds. The smallest absolute Gasteiger partial charge is 0.726 e. The van der Waals surface area contributed by atoms with E-state index in [1.165, 1.54) is 0 Å². The summed E-state index contributed by atoms with van der Waals surface area (Å²) in [5, 5.41) is 50.6. The van der Waals surface area contributed by atoms with Gasteiger partial charge in [0.25, 0.3) is 0 Å². The van der Waals surface area contributed by atoms with E-state index in [0.717, 1.165) is 7.11 Å². The Bertz CT molecular complexity index is 827. The van der Waals surface area contributed by atoms with Gasteiger partial charge < -0.3 is 53.6 Å². The minimum Gasteiger partial charge on any atom is -0.726 e. The summed E-state index contributed by atoms with van der Waals surface area (Å²) in [4.78, 5) is 0. The second kappa shape index (κ2) is 14.5. The fraction of sp³-hybridized carbons (Fsp3) is 1.00. The first-order valence-electron chi connectivity index (χ1n) is 8.74. The number of hydrogen-bond donors (Lipinski definition) is 5. The molecule has 0 unspecified atom stereocenters. The van der Waals surface area contributed by atoms with Gasteiger partial charge in [0.15, 0.2) is 12.6 Å². The van der Waals surface area contributed by atoms with E-state index >= 15 is 0 Å². The molecule has 5 N–H and O–H groups in total. The molecular formula is C13H22Na2O17S2. The van der Waals surface area contributed by atoms with Crippen molar-refractivity contribution in [2.75, 3.05) is 20.3 Å². The number of methoxy groups -OCH3 is 1. The number of hydrogen-bond acceptors (Lipinski definition) is 17. The van der Waals surface area contributed by atoms with Crippen molar-refractivity contribution in [1.82, 2.24) is 0 Å². The molecule has 0 aliphatic carbocycles. The molecule has 0 saturated carbocycles. The van der Waals surface area contributed by atoms with Crippen LogP contribution in [-0.2, 0) is 48.1 Å². The van der Waals surface area contributed by atoms with Gasteiger partial charge in [0.05, 0.1) is 13.2 Å². The van der Waals surface area contributed by atoms with Crippen LogP contribution in [0.15, 0.2) is 0 Å². The van der Waals surface area contributed by atoms with E-state index in [4.69, 9.17) is 18.9 Å². The van der Waals surface area contributed by atoms with Crippen molar-refractivity contribution >= 4 is 20.8 Å². The maximum atomic E-state index is 10.7. The average molecular weight is 560 g/mol. The van der Waals surface area contributed by atoms with Gasteiger partial charge in [0.2, 0.25) is 20.8 Å². The molecule has 34 heavy (non-hydrogen) atoms. The quantitative estimate of drug-likeness (QED) is 0.0994. The van der Waals surface area contributed by atoms with Crippen molar-refractivity contribution in [1.29, 1.82) is 0 Å². The standard InChI is InChI=1S/C13H24O17S2.2Na/c1-25-12-10(18)11(7(15)5(28-12)3-27-32(22,23)24)30-13-9(17)8(16)6(14)4(29-13)2-26-31(19,20)21;;/h4-18H,2-3H2,1H3,(H,19,20,21)(H,22,23,24);;/q;2*+1/p-2/t4-,5-,6-,7-,8+,9-,10-,11+,12-,13+;;/m1../s1. The molecule has 2 heterocycles. The van der Waals surface area contributed by atoms with E-state index in [1.807, 2.05) is 0 Å². The van der Waals surface area contributed by atoms with Gasteiger partial charge in [-0.05, 0) is 0 Å². The van der Waals surface area contributed by atoms with Gasteiger partial charge in [-0.1, -0.05) is 0 Å². The van der Waals surface area contributed by atoms with E-state index in [9.17, 15) is 51.5 Å². The molecule has 2 aliphatic rings. The Hall–Kier alpha value is 1.38. The molecule has 190 valence electrons. The summed E-state index contributed by atoms with van der Waals surface area (Å²) in [6.07, 6.45) is -18.2. The zero-order valence-corrected chi connectivity index (χ0v) is 23.8. The van der Waals surface area contributed by atoms with E-state index in [2.05, 4.69) is 8.37 Å². The molecule has 2 fully saturated rings. The zero-order valence-electron chi connectivity index (χ0n) is 18.1.